The second-order valence-electron chi connectivity index (χ2n) is 10.9. The summed E-state index contributed by atoms with van der Waals surface area (Å²) < 4.78 is 16.0. The average molecular weight is 530 g/mol. The first-order chi connectivity index (χ1) is 19.1. The van der Waals surface area contributed by atoms with Crippen molar-refractivity contribution in [3.05, 3.63) is 77.0 Å². The fourth-order valence-electron chi connectivity index (χ4n) is 6.98. The van der Waals surface area contributed by atoms with E-state index in [1.807, 2.05) is 18.2 Å². The van der Waals surface area contributed by atoms with Gasteiger partial charge in [0.2, 0.25) is 11.8 Å². The lowest BCUT2D eigenvalue weighted by molar-refractivity contribution is -0.125. The Hall–Kier alpha value is -3.81. The molecule has 6 rings (SSSR count). The summed E-state index contributed by atoms with van der Waals surface area (Å²) in [5.41, 5.74) is 5.21. The summed E-state index contributed by atoms with van der Waals surface area (Å²) in [6.45, 7) is 0.782. The van der Waals surface area contributed by atoms with Crippen molar-refractivity contribution in [3.8, 4) is 5.75 Å². The van der Waals surface area contributed by atoms with Crippen molar-refractivity contribution in [1.82, 2.24) is 10.3 Å². The van der Waals surface area contributed by atoms with Crippen LogP contribution in [0.3, 0.4) is 0 Å². The number of carbonyl (C=O) groups is 2. The molecular weight excluding hydrogens is 494 g/mol. The van der Waals surface area contributed by atoms with Crippen LogP contribution in [0.4, 0.5) is 5.69 Å². The number of carbonyl (C=O) groups excluding carboxylic acids is 2. The second-order valence-corrected chi connectivity index (χ2v) is 10.9. The van der Waals surface area contributed by atoms with E-state index in [9.17, 15) is 9.59 Å². The lowest BCUT2D eigenvalue weighted by atomic mass is 9.72. The number of nitrogens with one attached hydrogen (secondary N) is 1. The van der Waals surface area contributed by atoms with Crippen LogP contribution in [0.25, 0.3) is 0 Å². The van der Waals surface area contributed by atoms with Crippen molar-refractivity contribution in [2.24, 2.45) is 11.8 Å². The summed E-state index contributed by atoms with van der Waals surface area (Å²) >= 11 is 0. The van der Waals surface area contributed by atoms with Crippen molar-refractivity contribution in [2.45, 2.75) is 57.0 Å². The molecule has 0 bridgehead atoms. The van der Waals surface area contributed by atoms with Gasteiger partial charge in [-0.1, -0.05) is 31.4 Å². The zero-order valence-corrected chi connectivity index (χ0v) is 22.5. The molecule has 3 unspecified atom stereocenters. The number of aromatic nitrogens is 1. The minimum Gasteiger partial charge on any atom is -0.497 e. The molecule has 39 heavy (non-hydrogen) atoms. The molecule has 1 aromatic heterocycles. The van der Waals surface area contributed by atoms with E-state index in [0.717, 1.165) is 17.0 Å². The number of benzene rings is 2. The van der Waals surface area contributed by atoms with Gasteiger partial charge < -0.3 is 24.1 Å². The first-order valence-corrected chi connectivity index (χ1v) is 13.9. The van der Waals surface area contributed by atoms with E-state index in [1.165, 1.54) is 56.6 Å². The number of ether oxygens (including phenoxy) is 2. The molecule has 2 aliphatic heterocycles. The normalized spacial score (nSPS) is 22.3. The molecule has 1 saturated carbocycles. The molecule has 2 aromatic carbocycles. The highest BCUT2D eigenvalue weighted by molar-refractivity contribution is 5.91. The van der Waals surface area contributed by atoms with Gasteiger partial charge in [-0.05, 0) is 66.1 Å². The third-order valence-electron chi connectivity index (χ3n) is 8.77. The monoisotopic (exact) mass is 529 g/mol. The van der Waals surface area contributed by atoms with Crippen molar-refractivity contribution < 1.29 is 23.5 Å². The van der Waals surface area contributed by atoms with Gasteiger partial charge in [0.05, 0.1) is 44.5 Å². The Morgan fingerprint density at radius 1 is 1.08 bits per heavy atom. The van der Waals surface area contributed by atoms with Crippen LogP contribution in [-0.4, -0.2) is 37.6 Å². The lowest BCUT2D eigenvalue weighted by Crippen LogP contribution is -2.39. The van der Waals surface area contributed by atoms with E-state index < -0.39 is 0 Å². The summed E-state index contributed by atoms with van der Waals surface area (Å²) in [6.07, 6.45) is 9.83. The predicted octanol–water partition coefficient (Wildman–Crippen LogP) is 5.18. The summed E-state index contributed by atoms with van der Waals surface area (Å²) in [5.74, 6) is 1.39. The molecule has 0 spiro atoms. The van der Waals surface area contributed by atoms with E-state index in [-0.39, 0.29) is 36.3 Å². The number of anilines is 1. The fourth-order valence-corrected chi connectivity index (χ4v) is 6.98. The highest BCUT2D eigenvalue weighted by Gasteiger charge is 2.47. The van der Waals surface area contributed by atoms with Gasteiger partial charge in [0.25, 0.3) is 0 Å². The number of methoxy groups -OCH3 is 2. The van der Waals surface area contributed by atoms with Crippen molar-refractivity contribution in [3.63, 3.8) is 0 Å². The quantitative estimate of drug-likeness (QED) is 0.440. The van der Waals surface area contributed by atoms with Crippen LogP contribution >= 0.6 is 0 Å². The van der Waals surface area contributed by atoms with Gasteiger partial charge >= 0.3 is 5.97 Å². The van der Waals surface area contributed by atoms with E-state index in [1.54, 1.807) is 13.3 Å². The zero-order valence-electron chi connectivity index (χ0n) is 22.5. The number of rotatable bonds is 6. The van der Waals surface area contributed by atoms with Crippen molar-refractivity contribution in [2.75, 3.05) is 25.7 Å². The minimum atomic E-state index is -0.351. The summed E-state index contributed by atoms with van der Waals surface area (Å²) in [5, 5.41) is 3.03. The van der Waals surface area contributed by atoms with Crippen LogP contribution in [0.5, 0.6) is 5.75 Å². The molecule has 204 valence electrons. The Kier molecular flexibility index (Phi) is 7.02. The summed E-state index contributed by atoms with van der Waals surface area (Å²) in [6, 6.07) is 12.4. The summed E-state index contributed by atoms with van der Waals surface area (Å²) in [4.78, 5) is 32.7. The van der Waals surface area contributed by atoms with Gasteiger partial charge in [0.15, 0.2) is 0 Å². The van der Waals surface area contributed by atoms with Gasteiger partial charge in [-0.15, -0.1) is 0 Å². The van der Waals surface area contributed by atoms with Crippen LogP contribution < -0.4 is 15.0 Å². The smallest absolute Gasteiger partial charge is 0.337 e. The van der Waals surface area contributed by atoms with Crippen LogP contribution in [0.2, 0.25) is 0 Å². The number of fused-ring (bicyclic) bond motifs is 5. The Labute approximate surface area is 228 Å². The van der Waals surface area contributed by atoms with E-state index in [0.29, 0.717) is 30.3 Å². The second kappa shape index (κ2) is 10.8. The largest absolute Gasteiger partial charge is 0.497 e. The molecule has 8 heteroatoms. The van der Waals surface area contributed by atoms with Crippen LogP contribution in [0, 0.1) is 11.8 Å². The highest BCUT2D eigenvalue weighted by Crippen LogP contribution is 2.57. The molecule has 1 fully saturated rings. The molecule has 3 aliphatic rings. The first-order valence-electron chi connectivity index (χ1n) is 13.9. The van der Waals surface area contributed by atoms with Gasteiger partial charge in [-0.2, -0.15) is 0 Å². The maximum atomic E-state index is 13.6. The Morgan fingerprint density at radius 2 is 1.90 bits per heavy atom. The molecule has 1 N–H and O–H groups in total. The standard InChI is InChI=1S/C31H35N3O5/c1-37-23-9-11-24-21(15-23)14-22(30(35)33-17-27-32-12-13-39-27)18-34-26-16-20(31(36)38-2)8-10-25(26)28(29(24)34)19-6-4-3-5-7-19/h8-13,15-16,19,22,28-29H,3-7,14,17-18H2,1-2H3,(H,33,35). The summed E-state index contributed by atoms with van der Waals surface area (Å²) in [7, 11) is 3.09. The number of nitrogens with zero attached hydrogens (tertiary/aromatic N) is 2. The fraction of sp³-hybridized carbons (Fsp3) is 0.452. The molecular formula is C31H35N3O5. The van der Waals surface area contributed by atoms with Crippen LogP contribution in [-0.2, 0) is 22.5 Å². The third kappa shape index (κ3) is 4.77. The number of amides is 1. The van der Waals surface area contributed by atoms with Crippen molar-refractivity contribution in [1.29, 1.82) is 0 Å². The molecule has 8 nitrogen and oxygen atoms in total. The third-order valence-corrected chi connectivity index (χ3v) is 8.77. The van der Waals surface area contributed by atoms with E-state index in [2.05, 4.69) is 33.4 Å². The zero-order chi connectivity index (χ0) is 26.9. The Balaban J connectivity index is 1.44. The van der Waals surface area contributed by atoms with Crippen LogP contribution in [0.15, 0.2) is 53.3 Å². The molecule has 1 amide bonds. The average Bonchev–Trinajstić information content (AvgIpc) is 3.57. The molecule has 0 saturated heterocycles. The van der Waals surface area contributed by atoms with Gasteiger partial charge in [0.1, 0.15) is 12.0 Å². The maximum absolute atomic E-state index is 13.6. The molecule has 3 atom stereocenters. The molecule has 0 radical (unpaired) electrons. The molecule has 3 heterocycles. The Morgan fingerprint density at radius 3 is 2.64 bits per heavy atom. The predicted molar refractivity (Wildman–Crippen MR) is 146 cm³/mol. The molecule has 3 aromatic rings. The first kappa shape index (κ1) is 25.5. The van der Waals surface area contributed by atoms with Gasteiger partial charge in [-0.25, -0.2) is 9.78 Å². The maximum Gasteiger partial charge on any atom is 0.337 e. The van der Waals surface area contributed by atoms with Crippen LogP contribution in [0.1, 0.15) is 77.0 Å². The lowest BCUT2D eigenvalue weighted by Gasteiger charge is -2.36. The van der Waals surface area contributed by atoms with E-state index >= 15 is 0 Å². The number of hydrogen-bond donors (Lipinski definition) is 1. The van der Waals surface area contributed by atoms with Crippen molar-refractivity contribution >= 4 is 17.6 Å². The topological polar surface area (TPSA) is 93.9 Å². The number of esters is 1. The van der Waals surface area contributed by atoms with Gasteiger partial charge in [-0.3, -0.25) is 4.79 Å². The number of hydrogen-bond acceptors (Lipinski definition) is 7. The van der Waals surface area contributed by atoms with E-state index in [4.69, 9.17) is 13.9 Å². The minimum absolute atomic E-state index is 0.0468. The Bertz CT molecular complexity index is 1350. The van der Waals surface area contributed by atoms with Gasteiger partial charge in [0, 0.05) is 18.2 Å². The highest BCUT2D eigenvalue weighted by atomic mass is 16.5. The SMILES string of the molecule is COC(=O)c1ccc2c(c1)N1CC(C(=O)NCc3ncco3)Cc3cc(OC)ccc3C1C2C1CCCCC1. The molecule has 1 aliphatic carbocycles. The number of oxazole rings is 1.